The minimum atomic E-state index is -0.135. The van der Waals surface area contributed by atoms with Crippen LogP contribution in [0.5, 0.6) is 5.75 Å². The highest BCUT2D eigenvalue weighted by Gasteiger charge is 2.35. The molecule has 37 heavy (non-hydrogen) atoms. The summed E-state index contributed by atoms with van der Waals surface area (Å²) in [6, 6.07) is 15.5. The molecular formula is C31H43N3O3. The SMILES string of the molecule is CCN1CCCCCCCN(C(=O)c2cccc(N(C)C)c2)[C@@H]2CCCC[C@@H]2Oc2ccccc2C1=O. The molecule has 2 aromatic carbocycles. The molecule has 2 aliphatic rings. The Bertz CT molecular complexity index is 1050. The van der Waals surface area contributed by atoms with Crippen LogP contribution in [0.25, 0.3) is 0 Å². The number of ether oxygens (including phenoxy) is 1. The molecule has 1 aliphatic carbocycles. The lowest BCUT2D eigenvalue weighted by Gasteiger charge is -2.40. The quantitative estimate of drug-likeness (QED) is 0.513. The molecular weight excluding hydrogens is 462 g/mol. The second-order valence-electron chi connectivity index (χ2n) is 10.6. The Morgan fingerprint density at radius 3 is 2.43 bits per heavy atom. The molecule has 6 heteroatoms. The fraction of sp³-hybridized carbons (Fsp3) is 0.548. The normalized spacial score (nSPS) is 21.6. The average Bonchev–Trinajstić information content (AvgIpc) is 2.92. The first-order valence-electron chi connectivity index (χ1n) is 14.1. The standard InChI is InChI=1S/C31H43N3O3/c1-4-33-21-12-6-5-7-13-22-34(30(35)24-15-14-16-25(23-24)32(2)3)27-18-9-11-20-29(27)37-28-19-10-8-17-26(28)31(33)36/h8,10,14-17,19,23,27,29H,4-7,9,11-13,18,20-22H2,1-3H3/t27-,29+/m1/s1. The zero-order chi connectivity index (χ0) is 26.2. The maximum atomic E-state index is 14.0. The summed E-state index contributed by atoms with van der Waals surface area (Å²) < 4.78 is 6.67. The Kier molecular flexibility index (Phi) is 9.48. The number of nitrogens with zero attached hydrogens (tertiary/aromatic N) is 3. The topological polar surface area (TPSA) is 53.1 Å². The molecule has 4 rings (SSSR count). The molecule has 0 saturated heterocycles. The Labute approximate surface area is 222 Å². The highest BCUT2D eigenvalue weighted by Crippen LogP contribution is 2.31. The van der Waals surface area contributed by atoms with Crippen LogP contribution >= 0.6 is 0 Å². The van der Waals surface area contributed by atoms with E-state index in [1.54, 1.807) is 0 Å². The van der Waals surface area contributed by atoms with Gasteiger partial charge in [-0.25, -0.2) is 0 Å². The summed E-state index contributed by atoms with van der Waals surface area (Å²) in [6.07, 6.45) is 9.07. The number of amides is 2. The van der Waals surface area contributed by atoms with Crippen molar-refractivity contribution in [1.82, 2.24) is 9.80 Å². The molecule has 0 N–H and O–H groups in total. The van der Waals surface area contributed by atoms with Crippen molar-refractivity contribution < 1.29 is 14.3 Å². The van der Waals surface area contributed by atoms with Crippen molar-refractivity contribution in [1.29, 1.82) is 0 Å². The van der Waals surface area contributed by atoms with E-state index in [1.807, 2.05) is 79.3 Å². The van der Waals surface area contributed by atoms with Crippen LogP contribution in [0.1, 0.15) is 85.4 Å². The van der Waals surface area contributed by atoms with Crippen molar-refractivity contribution in [2.24, 2.45) is 0 Å². The van der Waals surface area contributed by atoms with E-state index < -0.39 is 0 Å². The number of hydrogen-bond donors (Lipinski definition) is 0. The van der Waals surface area contributed by atoms with Gasteiger partial charge in [0, 0.05) is 45.0 Å². The summed E-state index contributed by atoms with van der Waals surface area (Å²) in [5, 5.41) is 0. The van der Waals surface area contributed by atoms with Crippen LogP contribution in [0.15, 0.2) is 48.5 Å². The van der Waals surface area contributed by atoms with Crippen molar-refractivity contribution in [3.63, 3.8) is 0 Å². The van der Waals surface area contributed by atoms with Crippen LogP contribution in [0, 0.1) is 0 Å². The predicted molar refractivity (Wildman–Crippen MR) is 150 cm³/mol. The summed E-state index contributed by atoms with van der Waals surface area (Å²) >= 11 is 0. The van der Waals surface area contributed by atoms with Crippen LogP contribution < -0.4 is 9.64 Å². The van der Waals surface area contributed by atoms with E-state index in [4.69, 9.17) is 4.74 Å². The van der Waals surface area contributed by atoms with Gasteiger partial charge in [-0.3, -0.25) is 9.59 Å². The van der Waals surface area contributed by atoms with E-state index in [-0.39, 0.29) is 24.0 Å². The van der Waals surface area contributed by atoms with Gasteiger partial charge < -0.3 is 19.4 Å². The van der Waals surface area contributed by atoms with Crippen LogP contribution in [0.2, 0.25) is 0 Å². The molecule has 0 unspecified atom stereocenters. The second-order valence-corrected chi connectivity index (χ2v) is 10.6. The molecule has 200 valence electrons. The Morgan fingerprint density at radius 2 is 1.65 bits per heavy atom. The molecule has 1 heterocycles. The molecule has 0 aromatic heterocycles. The fourth-order valence-electron chi connectivity index (χ4n) is 5.67. The number of carbonyl (C=O) groups is 2. The molecule has 6 nitrogen and oxygen atoms in total. The summed E-state index contributed by atoms with van der Waals surface area (Å²) in [7, 11) is 3.99. The number of para-hydroxylation sites is 1. The third-order valence-electron chi connectivity index (χ3n) is 7.83. The van der Waals surface area contributed by atoms with Gasteiger partial charge >= 0.3 is 0 Å². The van der Waals surface area contributed by atoms with Crippen molar-refractivity contribution in [2.45, 2.75) is 76.9 Å². The van der Waals surface area contributed by atoms with Crippen molar-refractivity contribution in [3.8, 4) is 5.75 Å². The third-order valence-corrected chi connectivity index (χ3v) is 7.83. The van der Waals surface area contributed by atoms with Gasteiger partial charge in [0.25, 0.3) is 11.8 Å². The molecule has 2 aromatic rings. The lowest BCUT2D eigenvalue weighted by Crippen LogP contribution is -2.51. The fourth-order valence-corrected chi connectivity index (χ4v) is 5.67. The smallest absolute Gasteiger partial charge is 0.257 e. The predicted octanol–water partition coefficient (Wildman–Crippen LogP) is 6.01. The van der Waals surface area contributed by atoms with E-state index in [9.17, 15) is 9.59 Å². The van der Waals surface area contributed by atoms with Crippen molar-refractivity contribution >= 4 is 17.5 Å². The molecule has 1 aliphatic heterocycles. The van der Waals surface area contributed by atoms with Gasteiger partial charge in [0.15, 0.2) is 0 Å². The van der Waals surface area contributed by atoms with Gasteiger partial charge in [-0.05, 0) is 69.4 Å². The van der Waals surface area contributed by atoms with Gasteiger partial charge in [0.2, 0.25) is 0 Å². The minimum Gasteiger partial charge on any atom is -0.487 e. The second kappa shape index (κ2) is 13.0. The summed E-state index contributed by atoms with van der Waals surface area (Å²) in [5.41, 5.74) is 2.37. The number of anilines is 1. The first kappa shape index (κ1) is 27.0. The monoisotopic (exact) mass is 505 g/mol. The number of hydrogen-bond acceptors (Lipinski definition) is 4. The Morgan fingerprint density at radius 1 is 0.919 bits per heavy atom. The summed E-state index contributed by atoms with van der Waals surface area (Å²) in [6.45, 7) is 4.23. The Hall–Kier alpha value is -3.02. The van der Waals surface area contributed by atoms with Gasteiger partial charge in [0.1, 0.15) is 11.9 Å². The largest absolute Gasteiger partial charge is 0.487 e. The van der Waals surface area contributed by atoms with E-state index in [0.29, 0.717) is 17.9 Å². The Balaban J connectivity index is 1.68. The molecule has 0 bridgehead atoms. The summed E-state index contributed by atoms with van der Waals surface area (Å²) in [4.78, 5) is 33.5. The molecule has 1 saturated carbocycles. The highest BCUT2D eigenvalue weighted by atomic mass is 16.5. The minimum absolute atomic E-state index is 0.0140. The molecule has 1 fully saturated rings. The highest BCUT2D eigenvalue weighted by molar-refractivity contribution is 5.97. The first-order chi connectivity index (χ1) is 18.0. The lowest BCUT2D eigenvalue weighted by atomic mass is 9.90. The number of carbonyl (C=O) groups excluding carboxylic acids is 2. The van der Waals surface area contributed by atoms with Crippen LogP contribution in [0.4, 0.5) is 5.69 Å². The van der Waals surface area contributed by atoms with Gasteiger partial charge in [-0.2, -0.15) is 0 Å². The first-order valence-corrected chi connectivity index (χ1v) is 14.1. The zero-order valence-corrected chi connectivity index (χ0v) is 22.8. The van der Waals surface area contributed by atoms with Gasteiger partial charge in [-0.15, -0.1) is 0 Å². The maximum absolute atomic E-state index is 14.0. The number of rotatable bonds is 3. The van der Waals surface area contributed by atoms with E-state index in [1.165, 1.54) is 0 Å². The molecule has 0 spiro atoms. The van der Waals surface area contributed by atoms with Crippen LogP contribution in [-0.4, -0.2) is 67.5 Å². The summed E-state index contributed by atoms with van der Waals surface area (Å²) in [5.74, 6) is 0.753. The molecule has 2 amide bonds. The van der Waals surface area contributed by atoms with E-state index in [0.717, 1.165) is 82.1 Å². The number of benzene rings is 2. The van der Waals surface area contributed by atoms with Crippen LogP contribution in [-0.2, 0) is 0 Å². The zero-order valence-electron chi connectivity index (χ0n) is 22.8. The van der Waals surface area contributed by atoms with Gasteiger partial charge in [-0.1, -0.05) is 43.9 Å². The van der Waals surface area contributed by atoms with E-state index >= 15 is 0 Å². The lowest BCUT2D eigenvalue weighted by molar-refractivity contribution is 0.0270. The van der Waals surface area contributed by atoms with E-state index in [2.05, 4.69) is 4.90 Å². The maximum Gasteiger partial charge on any atom is 0.257 e. The van der Waals surface area contributed by atoms with Crippen molar-refractivity contribution in [2.75, 3.05) is 38.6 Å². The number of fused-ring (bicyclic) bond motifs is 2. The van der Waals surface area contributed by atoms with Gasteiger partial charge in [0.05, 0.1) is 11.6 Å². The third kappa shape index (κ3) is 6.65. The van der Waals surface area contributed by atoms with Crippen LogP contribution in [0.3, 0.4) is 0 Å². The van der Waals surface area contributed by atoms with Crippen molar-refractivity contribution in [3.05, 3.63) is 59.7 Å². The molecule has 0 radical (unpaired) electrons. The molecule has 2 atom stereocenters. The average molecular weight is 506 g/mol.